The van der Waals surface area contributed by atoms with Gasteiger partial charge in [0.2, 0.25) is 5.82 Å². The van der Waals surface area contributed by atoms with Crippen molar-refractivity contribution in [2.24, 2.45) is 0 Å². The van der Waals surface area contributed by atoms with Gasteiger partial charge in [-0.2, -0.15) is 4.98 Å². The number of anilines is 1. The van der Waals surface area contributed by atoms with E-state index in [0.717, 1.165) is 24.5 Å². The number of hydrogen-bond acceptors (Lipinski definition) is 6. The fourth-order valence-corrected chi connectivity index (χ4v) is 2.61. The van der Waals surface area contributed by atoms with Crippen molar-refractivity contribution in [3.05, 3.63) is 42.7 Å². The molecule has 22 heavy (non-hydrogen) atoms. The van der Waals surface area contributed by atoms with Crippen molar-refractivity contribution in [1.29, 1.82) is 0 Å². The summed E-state index contributed by atoms with van der Waals surface area (Å²) >= 11 is 0. The van der Waals surface area contributed by atoms with Gasteiger partial charge in [0, 0.05) is 31.0 Å². The zero-order valence-corrected chi connectivity index (χ0v) is 12.0. The Balaban J connectivity index is 1.65. The Morgan fingerprint density at radius 1 is 1.00 bits per heavy atom. The van der Waals surface area contributed by atoms with Gasteiger partial charge in [-0.15, -0.1) is 0 Å². The Morgan fingerprint density at radius 2 is 1.91 bits per heavy atom. The van der Waals surface area contributed by atoms with Crippen molar-refractivity contribution in [1.82, 2.24) is 20.1 Å². The molecule has 3 aromatic heterocycles. The van der Waals surface area contributed by atoms with Crippen LogP contribution in [0, 0.1) is 0 Å². The van der Waals surface area contributed by atoms with Gasteiger partial charge in [0.15, 0.2) is 0 Å². The predicted molar refractivity (Wildman–Crippen MR) is 82.2 cm³/mol. The van der Waals surface area contributed by atoms with E-state index in [0.29, 0.717) is 17.4 Å². The van der Waals surface area contributed by atoms with Crippen LogP contribution in [-0.4, -0.2) is 33.2 Å². The minimum Gasteiger partial charge on any atom is -0.357 e. The number of rotatable bonds is 3. The van der Waals surface area contributed by atoms with Crippen LogP contribution in [0.2, 0.25) is 0 Å². The molecule has 6 nitrogen and oxygen atoms in total. The standard InChI is InChI=1S/C16H15N5O/c1-2-7-17-13(5-1)16-19-15(20-22-16)12-6-8-18-14(11-12)21-9-3-4-10-21/h1-2,5-8,11H,3-4,9-10H2. The summed E-state index contributed by atoms with van der Waals surface area (Å²) < 4.78 is 5.31. The van der Waals surface area contributed by atoms with Crippen molar-refractivity contribution in [2.45, 2.75) is 12.8 Å². The highest BCUT2D eigenvalue weighted by Crippen LogP contribution is 2.24. The first-order valence-electron chi connectivity index (χ1n) is 7.37. The van der Waals surface area contributed by atoms with Crippen molar-refractivity contribution < 1.29 is 4.52 Å². The lowest BCUT2D eigenvalue weighted by Gasteiger charge is -2.16. The molecular weight excluding hydrogens is 278 g/mol. The van der Waals surface area contributed by atoms with Crippen molar-refractivity contribution in [3.63, 3.8) is 0 Å². The van der Waals surface area contributed by atoms with Crippen LogP contribution in [0.15, 0.2) is 47.2 Å². The minimum atomic E-state index is 0.426. The average molecular weight is 293 g/mol. The molecule has 110 valence electrons. The molecule has 0 aromatic carbocycles. The van der Waals surface area contributed by atoms with Crippen LogP contribution < -0.4 is 4.90 Å². The van der Waals surface area contributed by atoms with Gasteiger partial charge in [-0.05, 0) is 37.1 Å². The maximum atomic E-state index is 5.31. The summed E-state index contributed by atoms with van der Waals surface area (Å²) in [5.74, 6) is 1.96. The van der Waals surface area contributed by atoms with E-state index in [9.17, 15) is 0 Å². The largest absolute Gasteiger partial charge is 0.357 e. The Bertz CT molecular complexity index is 765. The van der Waals surface area contributed by atoms with Crippen LogP contribution in [0.1, 0.15) is 12.8 Å². The third-order valence-corrected chi connectivity index (χ3v) is 3.74. The molecule has 3 aromatic rings. The third-order valence-electron chi connectivity index (χ3n) is 3.74. The van der Waals surface area contributed by atoms with Gasteiger partial charge in [-0.25, -0.2) is 4.98 Å². The molecule has 1 aliphatic heterocycles. The smallest absolute Gasteiger partial charge is 0.276 e. The first kappa shape index (κ1) is 12.9. The Morgan fingerprint density at radius 3 is 2.73 bits per heavy atom. The van der Waals surface area contributed by atoms with Crippen LogP contribution >= 0.6 is 0 Å². The van der Waals surface area contributed by atoms with Gasteiger partial charge in [0.25, 0.3) is 5.89 Å². The van der Waals surface area contributed by atoms with Gasteiger partial charge in [0.05, 0.1) is 0 Å². The number of pyridine rings is 2. The topological polar surface area (TPSA) is 67.9 Å². The van der Waals surface area contributed by atoms with E-state index < -0.39 is 0 Å². The Kier molecular flexibility index (Phi) is 3.27. The van der Waals surface area contributed by atoms with Crippen LogP contribution in [0.3, 0.4) is 0 Å². The van der Waals surface area contributed by atoms with E-state index in [4.69, 9.17) is 4.52 Å². The van der Waals surface area contributed by atoms with Crippen LogP contribution in [0.4, 0.5) is 5.82 Å². The molecule has 4 heterocycles. The monoisotopic (exact) mass is 293 g/mol. The highest BCUT2D eigenvalue weighted by atomic mass is 16.5. The fourth-order valence-electron chi connectivity index (χ4n) is 2.61. The van der Waals surface area contributed by atoms with Gasteiger partial charge < -0.3 is 9.42 Å². The van der Waals surface area contributed by atoms with Crippen molar-refractivity contribution in [3.8, 4) is 23.0 Å². The highest BCUT2D eigenvalue weighted by molar-refractivity contribution is 5.61. The molecular formula is C16H15N5O. The van der Waals surface area contributed by atoms with Crippen LogP contribution in [-0.2, 0) is 0 Å². The van der Waals surface area contributed by atoms with E-state index in [1.807, 2.05) is 30.3 Å². The lowest BCUT2D eigenvalue weighted by molar-refractivity contribution is 0.431. The predicted octanol–water partition coefficient (Wildman–Crippen LogP) is 2.79. The number of hydrogen-bond donors (Lipinski definition) is 0. The second-order valence-electron chi connectivity index (χ2n) is 5.23. The summed E-state index contributed by atoms with van der Waals surface area (Å²) in [5.41, 5.74) is 1.58. The first-order chi connectivity index (χ1) is 10.9. The zero-order chi connectivity index (χ0) is 14.8. The summed E-state index contributed by atoms with van der Waals surface area (Å²) in [4.78, 5) is 15.4. The lowest BCUT2D eigenvalue weighted by atomic mass is 10.2. The molecule has 0 amide bonds. The molecule has 1 fully saturated rings. The summed E-state index contributed by atoms with van der Waals surface area (Å²) in [5, 5.41) is 4.06. The summed E-state index contributed by atoms with van der Waals surface area (Å²) in [7, 11) is 0. The lowest BCUT2D eigenvalue weighted by Crippen LogP contribution is -2.18. The van der Waals surface area contributed by atoms with Crippen LogP contribution in [0.5, 0.6) is 0 Å². The second kappa shape index (κ2) is 5.55. The molecule has 4 rings (SSSR count). The molecule has 0 N–H and O–H groups in total. The average Bonchev–Trinajstić information content (AvgIpc) is 3.28. The molecule has 0 unspecified atom stereocenters. The van der Waals surface area contributed by atoms with E-state index >= 15 is 0 Å². The molecule has 0 aliphatic carbocycles. The van der Waals surface area contributed by atoms with Gasteiger partial charge >= 0.3 is 0 Å². The van der Waals surface area contributed by atoms with Gasteiger partial charge in [-0.3, -0.25) is 4.98 Å². The highest BCUT2D eigenvalue weighted by Gasteiger charge is 2.16. The molecule has 1 aliphatic rings. The first-order valence-corrected chi connectivity index (χ1v) is 7.37. The summed E-state index contributed by atoms with van der Waals surface area (Å²) in [6.45, 7) is 2.11. The molecule has 1 saturated heterocycles. The van der Waals surface area contributed by atoms with Crippen molar-refractivity contribution >= 4 is 5.82 Å². The second-order valence-corrected chi connectivity index (χ2v) is 5.23. The number of aromatic nitrogens is 4. The van der Waals surface area contributed by atoms with Crippen molar-refractivity contribution in [2.75, 3.05) is 18.0 Å². The Labute approximate surface area is 127 Å². The zero-order valence-electron chi connectivity index (χ0n) is 12.0. The maximum absolute atomic E-state index is 5.31. The van der Waals surface area contributed by atoms with Gasteiger partial charge in [0.1, 0.15) is 11.5 Å². The molecule has 0 bridgehead atoms. The third kappa shape index (κ3) is 2.43. The summed E-state index contributed by atoms with van der Waals surface area (Å²) in [6.07, 6.45) is 5.94. The summed E-state index contributed by atoms with van der Waals surface area (Å²) in [6, 6.07) is 9.50. The normalized spacial score (nSPS) is 14.5. The van der Waals surface area contributed by atoms with Crippen LogP contribution in [0.25, 0.3) is 23.0 Å². The molecule has 0 spiro atoms. The number of nitrogens with zero attached hydrogens (tertiary/aromatic N) is 5. The SMILES string of the molecule is c1ccc(-c2nc(-c3ccnc(N4CCCC4)c3)no2)nc1. The van der Waals surface area contributed by atoms with E-state index in [1.54, 1.807) is 12.4 Å². The maximum Gasteiger partial charge on any atom is 0.276 e. The van der Waals surface area contributed by atoms with E-state index in [2.05, 4.69) is 25.0 Å². The quantitative estimate of drug-likeness (QED) is 0.739. The molecule has 6 heteroatoms. The molecule has 0 radical (unpaired) electrons. The van der Waals surface area contributed by atoms with E-state index in [-0.39, 0.29) is 0 Å². The van der Waals surface area contributed by atoms with Gasteiger partial charge in [-0.1, -0.05) is 11.2 Å². The Hall–Kier alpha value is -2.76. The minimum absolute atomic E-state index is 0.426. The fraction of sp³-hybridized carbons (Fsp3) is 0.250. The molecule has 0 atom stereocenters. The molecule has 0 saturated carbocycles. The van der Waals surface area contributed by atoms with E-state index in [1.165, 1.54) is 12.8 Å².